The summed E-state index contributed by atoms with van der Waals surface area (Å²) >= 11 is 9.01. The molecule has 0 heterocycles. The molecular weight excluding hydrogens is 786 g/mol. The van der Waals surface area contributed by atoms with E-state index in [1.54, 1.807) is 6.56 Å². The Bertz CT molecular complexity index is 2310. The Morgan fingerprint density at radius 2 is 1.20 bits per heavy atom. The van der Waals surface area contributed by atoms with Gasteiger partial charge in [-0.3, -0.25) is 0 Å². The van der Waals surface area contributed by atoms with E-state index < -0.39 is 19.3 Å². The van der Waals surface area contributed by atoms with Crippen LogP contribution in [0.15, 0.2) is 103 Å². The van der Waals surface area contributed by atoms with Crippen molar-refractivity contribution in [2.24, 2.45) is 5.92 Å². The van der Waals surface area contributed by atoms with E-state index in [-0.39, 0.29) is 35.6 Å². The van der Waals surface area contributed by atoms with Crippen LogP contribution in [0.4, 0.5) is 0 Å². The van der Waals surface area contributed by atoms with Gasteiger partial charge in [-0.1, -0.05) is 0 Å². The van der Waals surface area contributed by atoms with Gasteiger partial charge in [-0.15, -0.1) is 24.8 Å². The number of hydrogen-bond donors (Lipinski definition) is 0. The molecule has 4 aliphatic carbocycles. The molecule has 0 amide bonds. The van der Waals surface area contributed by atoms with Crippen molar-refractivity contribution in [1.82, 2.24) is 0 Å². The van der Waals surface area contributed by atoms with Gasteiger partial charge in [-0.25, -0.2) is 0 Å². The van der Waals surface area contributed by atoms with Gasteiger partial charge in [0, 0.05) is 0 Å². The molecule has 4 aromatic rings. The SMILES string of the molecule is CC1=CC(C)[C]([Zr](=[CH]c2ccc(Cl)cc2)(=[CH]c2ccc(Cl)cc2)[C]2=C(C)c3cc4c(cc3C2(C)C)Cc2cc3c(cc2-4)C(C)=CC3(C)C)=C1.Cl.Cl. The molecule has 51 heavy (non-hydrogen) atoms. The van der Waals surface area contributed by atoms with E-state index in [0.29, 0.717) is 5.92 Å². The molecule has 4 aromatic carbocycles. The van der Waals surface area contributed by atoms with Crippen LogP contribution in [0.3, 0.4) is 0 Å². The molecule has 1 unspecified atom stereocenters. The molecule has 0 aliphatic heterocycles. The quantitative estimate of drug-likeness (QED) is 0.169. The van der Waals surface area contributed by atoms with Gasteiger partial charge in [-0.05, 0) is 0 Å². The van der Waals surface area contributed by atoms with Gasteiger partial charge < -0.3 is 0 Å². The number of fused-ring (bicyclic) bond motifs is 5. The van der Waals surface area contributed by atoms with Gasteiger partial charge in [0.1, 0.15) is 0 Å². The summed E-state index contributed by atoms with van der Waals surface area (Å²) in [5.41, 5.74) is 18.2. The summed E-state index contributed by atoms with van der Waals surface area (Å²) in [5.74, 6) is 0.363. The van der Waals surface area contributed by atoms with Crippen LogP contribution >= 0.6 is 48.0 Å². The van der Waals surface area contributed by atoms with Crippen LogP contribution in [-0.4, -0.2) is 7.42 Å². The number of hydrogen-bond acceptors (Lipinski definition) is 0. The predicted octanol–water partition coefficient (Wildman–Crippen LogP) is 13.5. The summed E-state index contributed by atoms with van der Waals surface area (Å²) in [7, 11) is 0. The summed E-state index contributed by atoms with van der Waals surface area (Å²) in [6.45, 7) is 19.0. The zero-order chi connectivity index (χ0) is 34.6. The van der Waals surface area contributed by atoms with Crippen molar-refractivity contribution >= 4 is 66.6 Å². The average molecular weight is 832 g/mol. The van der Waals surface area contributed by atoms with E-state index in [9.17, 15) is 0 Å². The first-order chi connectivity index (χ1) is 23.2. The molecule has 0 spiro atoms. The third-order valence-electron chi connectivity index (χ3n) is 11.7. The second kappa shape index (κ2) is 13.5. The van der Waals surface area contributed by atoms with Crippen molar-refractivity contribution in [2.75, 3.05) is 0 Å². The van der Waals surface area contributed by atoms with Crippen LogP contribution in [0.5, 0.6) is 0 Å². The molecule has 0 radical (unpaired) electrons. The number of benzene rings is 4. The first-order valence-electron chi connectivity index (χ1n) is 17.6. The maximum absolute atomic E-state index is 6.44. The summed E-state index contributed by atoms with van der Waals surface area (Å²) < 4.78 is 8.64. The predicted molar refractivity (Wildman–Crippen MR) is 226 cm³/mol. The molecule has 0 bridgehead atoms. The smallest absolute Gasteiger partial charge is 0.147 e. The van der Waals surface area contributed by atoms with Crippen molar-refractivity contribution in [3.8, 4) is 11.1 Å². The molecule has 0 saturated heterocycles. The molecular formula is C46H46Cl4Zr. The molecule has 5 heteroatoms. The van der Waals surface area contributed by atoms with E-state index in [4.69, 9.17) is 23.2 Å². The van der Waals surface area contributed by atoms with Crippen molar-refractivity contribution in [2.45, 2.75) is 72.6 Å². The third kappa shape index (κ3) is 6.18. The fourth-order valence-electron chi connectivity index (χ4n) is 9.78. The van der Waals surface area contributed by atoms with Gasteiger partial charge in [0.05, 0.1) is 0 Å². The molecule has 1 atom stereocenters. The van der Waals surface area contributed by atoms with Crippen molar-refractivity contribution in [1.29, 1.82) is 0 Å². The zero-order valence-corrected chi connectivity index (χ0v) is 36.3. The second-order valence-electron chi connectivity index (χ2n) is 16.0. The molecule has 0 aromatic heterocycles. The van der Waals surface area contributed by atoms with Crippen molar-refractivity contribution in [3.63, 3.8) is 0 Å². The number of allylic oxidation sites excluding steroid dienone is 8. The van der Waals surface area contributed by atoms with Gasteiger partial charge in [0.25, 0.3) is 0 Å². The van der Waals surface area contributed by atoms with Crippen LogP contribution in [0.1, 0.15) is 99.9 Å². The molecule has 0 nitrogen and oxygen atoms in total. The minimum Gasteiger partial charge on any atom is -0.147 e. The van der Waals surface area contributed by atoms with E-state index in [1.807, 2.05) is 24.3 Å². The Kier molecular flexibility index (Phi) is 10.1. The first kappa shape index (κ1) is 38.4. The van der Waals surface area contributed by atoms with Crippen LogP contribution < -0.4 is 0 Å². The Labute approximate surface area is 330 Å². The monoisotopic (exact) mass is 828 g/mol. The minimum atomic E-state index is -3.88. The molecule has 4 aliphatic rings. The van der Waals surface area contributed by atoms with Gasteiger partial charge >= 0.3 is 308 Å². The van der Waals surface area contributed by atoms with Crippen LogP contribution in [0, 0.1) is 5.92 Å². The fraction of sp³-hybridized carbons (Fsp3) is 0.261. The molecule has 0 N–H and O–H groups in total. The Morgan fingerprint density at radius 3 is 1.71 bits per heavy atom. The molecule has 0 fully saturated rings. The average Bonchev–Trinajstić information content (AvgIpc) is 3.70. The van der Waals surface area contributed by atoms with Gasteiger partial charge in [0.2, 0.25) is 0 Å². The fourth-order valence-corrected chi connectivity index (χ4v) is 23.9. The Balaban J connectivity index is 0.00000224. The van der Waals surface area contributed by atoms with Crippen LogP contribution in [0.25, 0.3) is 22.3 Å². The van der Waals surface area contributed by atoms with Gasteiger partial charge in [0.15, 0.2) is 0 Å². The van der Waals surface area contributed by atoms with Gasteiger partial charge in [-0.2, -0.15) is 0 Å². The molecule has 8 rings (SSSR count). The summed E-state index contributed by atoms with van der Waals surface area (Å²) in [5, 5.41) is 1.54. The zero-order valence-electron chi connectivity index (χ0n) is 30.7. The Hall–Kier alpha value is -2.38. The number of rotatable bonds is 4. The normalized spacial score (nSPS) is 18.5. The van der Waals surface area contributed by atoms with E-state index >= 15 is 0 Å². The second-order valence-corrected chi connectivity index (χ2v) is 25.2. The van der Waals surface area contributed by atoms with Crippen LogP contribution in [0.2, 0.25) is 10.0 Å². The van der Waals surface area contributed by atoms with E-state index in [1.165, 1.54) is 72.4 Å². The standard InChI is InChI=1S/C25H25.2C7H5Cl.C7H9.2ClH.Zr/c1-14-12-24(3,4)22-8-16-7-17-9-23-19(15(2)13-25(23,5)6)11-21(17)20(16)10-18(14)22;2*1-6-2-4-7(8)5-3-6;1-6-3-4-7(2)5-6;;;/h8-12H,7H2,1-6H3;2*1-5H;3,5,7H,1-2H3;2*1H;. The molecule has 0 saturated carbocycles. The topological polar surface area (TPSA) is 0 Å². The maximum Gasteiger partial charge on any atom is -0.147 e. The van der Waals surface area contributed by atoms with Crippen molar-refractivity contribution < 1.29 is 19.3 Å². The van der Waals surface area contributed by atoms with E-state index in [2.05, 4.69) is 130 Å². The third-order valence-corrected chi connectivity index (χ3v) is 24.4. The van der Waals surface area contributed by atoms with Crippen LogP contribution in [-0.2, 0) is 36.5 Å². The minimum absolute atomic E-state index is 0. The summed E-state index contributed by atoms with van der Waals surface area (Å²) in [6, 6.07) is 27.1. The first-order valence-corrected chi connectivity index (χ1v) is 23.6. The van der Waals surface area contributed by atoms with Crippen molar-refractivity contribution in [3.05, 3.63) is 158 Å². The number of halogens is 4. The summed E-state index contributed by atoms with van der Waals surface area (Å²) in [4.78, 5) is 0. The maximum atomic E-state index is 6.44. The Morgan fingerprint density at radius 1 is 0.686 bits per heavy atom. The largest absolute Gasteiger partial charge is 0.147 e. The molecule has 262 valence electrons. The summed E-state index contributed by atoms with van der Waals surface area (Å²) in [6.07, 6.45) is 8.42. The van der Waals surface area contributed by atoms with E-state index in [0.717, 1.165) is 16.5 Å².